The third kappa shape index (κ3) is 2.43. The Morgan fingerprint density at radius 3 is 2.45 bits per heavy atom. The van der Waals surface area contributed by atoms with Gasteiger partial charge in [-0.05, 0) is 12.1 Å². The Morgan fingerprint density at radius 2 is 2.00 bits per heavy atom. The van der Waals surface area contributed by atoms with Gasteiger partial charge >= 0.3 is 0 Å². The molecule has 0 saturated carbocycles. The Hall–Kier alpha value is -1.29. The maximum Gasteiger partial charge on any atom is 0.170 e. The number of rotatable bonds is 1. The quantitative estimate of drug-likeness (QED) is 0.283. The molecule has 11 heavy (non-hydrogen) atoms. The SMILES string of the molecule is Cl.N/C(=N\O)c1ccncc1. The molecule has 3 N–H and O–H groups in total. The van der Waals surface area contributed by atoms with Crippen molar-refractivity contribution in [1.29, 1.82) is 0 Å². The zero-order valence-electron chi connectivity index (χ0n) is 5.64. The summed E-state index contributed by atoms with van der Waals surface area (Å²) in [5.74, 6) is 0.0994. The summed E-state index contributed by atoms with van der Waals surface area (Å²) in [5.41, 5.74) is 5.93. The van der Waals surface area contributed by atoms with Gasteiger partial charge in [0, 0.05) is 18.0 Å². The van der Waals surface area contributed by atoms with Crippen LogP contribution in [0.15, 0.2) is 29.7 Å². The number of halogens is 1. The van der Waals surface area contributed by atoms with E-state index < -0.39 is 0 Å². The van der Waals surface area contributed by atoms with Crippen LogP contribution >= 0.6 is 12.4 Å². The number of amidine groups is 1. The molecule has 1 heterocycles. The molecule has 0 amide bonds. The van der Waals surface area contributed by atoms with Crippen molar-refractivity contribution in [2.45, 2.75) is 0 Å². The molecule has 0 atom stereocenters. The van der Waals surface area contributed by atoms with Crippen molar-refractivity contribution >= 4 is 18.2 Å². The lowest BCUT2D eigenvalue weighted by atomic mass is 10.2. The number of oxime groups is 1. The number of hydrogen-bond donors (Lipinski definition) is 2. The van der Waals surface area contributed by atoms with Crippen molar-refractivity contribution in [3.05, 3.63) is 30.1 Å². The number of hydrogen-bond acceptors (Lipinski definition) is 3. The lowest BCUT2D eigenvalue weighted by molar-refractivity contribution is 0.318. The molecule has 4 nitrogen and oxygen atoms in total. The van der Waals surface area contributed by atoms with Gasteiger partial charge in [-0.3, -0.25) is 4.98 Å². The van der Waals surface area contributed by atoms with Crippen LogP contribution in [0, 0.1) is 0 Å². The Bertz CT molecular complexity index is 237. The highest BCUT2D eigenvalue weighted by atomic mass is 35.5. The largest absolute Gasteiger partial charge is 0.409 e. The van der Waals surface area contributed by atoms with E-state index in [9.17, 15) is 0 Å². The summed E-state index contributed by atoms with van der Waals surface area (Å²) in [6.45, 7) is 0. The normalized spacial score (nSPS) is 10.4. The van der Waals surface area contributed by atoms with Gasteiger partial charge in [-0.25, -0.2) is 0 Å². The predicted octanol–water partition coefficient (Wildman–Crippen LogP) is 0.598. The molecular formula is C6H8ClN3O. The fourth-order valence-electron chi connectivity index (χ4n) is 0.580. The fraction of sp³-hybridized carbons (Fsp3) is 0. The van der Waals surface area contributed by atoms with Crippen molar-refractivity contribution in [2.24, 2.45) is 10.9 Å². The van der Waals surface area contributed by atoms with Crippen molar-refractivity contribution in [1.82, 2.24) is 4.98 Å². The molecule has 1 aromatic rings. The molecular weight excluding hydrogens is 166 g/mol. The molecule has 1 aromatic heterocycles. The lowest BCUT2D eigenvalue weighted by Gasteiger charge is -1.93. The van der Waals surface area contributed by atoms with E-state index in [4.69, 9.17) is 10.9 Å². The first kappa shape index (κ1) is 9.71. The summed E-state index contributed by atoms with van der Waals surface area (Å²) >= 11 is 0. The monoisotopic (exact) mass is 173 g/mol. The first-order chi connectivity index (χ1) is 4.84. The second kappa shape index (κ2) is 4.51. The van der Waals surface area contributed by atoms with Gasteiger partial charge in [-0.2, -0.15) is 0 Å². The Kier molecular flexibility index (Phi) is 3.98. The van der Waals surface area contributed by atoms with Crippen LogP contribution in [0.3, 0.4) is 0 Å². The molecule has 0 aromatic carbocycles. The van der Waals surface area contributed by atoms with E-state index in [0.717, 1.165) is 0 Å². The van der Waals surface area contributed by atoms with E-state index in [0.29, 0.717) is 5.56 Å². The van der Waals surface area contributed by atoms with Crippen LogP contribution in [0.25, 0.3) is 0 Å². The molecule has 0 aliphatic heterocycles. The van der Waals surface area contributed by atoms with Crippen molar-refractivity contribution in [3.63, 3.8) is 0 Å². The van der Waals surface area contributed by atoms with E-state index in [1.54, 1.807) is 24.5 Å². The maximum atomic E-state index is 8.23. The third-order valence-electron chi connectivity index (χ3n) is 1.08. The standard InChI is InChI=1S/C6H7N3O.ClH/c7-6(9-10)5-1-3-8-4-2-5;/h1-4,10H,(H2,7,9);1H. The van der Waals surface area contributed by atoms with Gasteiger partial charge in [0.05, 0.1) is 0 Å². The molecule has 60 valence electrons. The summed E-state index contributed by atoms with van der Waals surface area (Å²) in [6.07, 6.45) is 3.15. The van der Waals surface area contributed by atoms with Gasteiger partial charge in [0.25, 0.3) is 0 Å². The molecule has 0 unspecified atom stereocenters. The Balaban J connectivity index is 0.000001000. The molecule has 0 fully saturated rings. The van der Waals surface area contributed by atoms with Crippen LogP contribution in [0.5, 0.6) is 0 Å². The summed E-state index contributed by atoms with van der Waals surface area (Å²) in [5, 5.41) is 11.1. The van der Waals surface area contributed by atoms with Gasteiger partial charge in [-0.15, -0.1) is 12.4 Å². The molecule has 0 spiro atoms. The van der Waals surface area contributed by atoms with Crippen LogP contribution in [-0.4, -0.2) is 16.0 Å². The lowest BCUT2D eigenvalue weighted by Crippen LogP contribution is -2.12. The summed E-state index contributed by atoms with van der Waals surface area (Å²) in [4.78, 5) is 3.77. The van der Waals surface area contributed by atoms with Crippen molar-refractivity contribution < 1.29 is 5.21 Å². The summed E-state index contributed by atoms with van der Waals surface area (Å²) < 4.78 is 0. The van der Waals surface area contributed by atoms with E-state index >= 15 is 0 Å². The number of pyridine rings is 1. The number of nitrogens with zero attached hydrogens (tertiary/aromatic N) is 2. The number of aromatic nitrogens is 1. The van der Waals surface area contributed by atoms with Crippen LogP contribution in [-0.2, 0) is 0 Å². The van der Waals surface area contributed by atoms with E-state index in [1.165, 1.54) is 0 Å². The number of nitrogens with two attached hydrogens (primary N) is 1. The molecule has 1 rings (SSSR count). The smallest absolute Gasteiger partial charge is 0.170 e. The van der Waals surface area contributed by atoms with Gasteiger partial charge in [0.2, 0.25) is 0 Å². The van der Waals surface area contributed by atoms with E-state index in [-0.39, 0.29) is 18.2 Å². The summed E-state index contributed by atoms with van der Waals surface area (Å²) in [7, 11) is 0. The first-order valence-electron chi connectivity index (χ1n) is 2.72. The average Bonchev–Trinajstić information content (AvgIpc) is 2.05. The maximum absolute atomic E-state index is 8.23. The zero-order valence-corrected chi connectivity index (χ0v) is 6.45. The molecule has 0 saturated heterocycles. The second-order valence-electron chi connectivity index (χ2n) is 1.72. The molecule has 0 radical (unpaired) electrons. The third-order valence-corrected chi connectivity index (χ3v) is 1.08. The highest BCUT2D eigenvalue weighted by molar-refractivity contribution is 5.96. The topological polar surface area (TPSA) is 71.5 Å². The molecule has 0 aliphatic rings. The second-order valence-corrected chi connectivity index (χ2v) is 1.72. The highest BCUT2D eigenvalue weighted by Gasteiger charge is 1.94. The minimum absolute atomic E-state index is 0. The first-order valence-corrected chi connectivity index (χ1v) is 2.72. The van der Waals surface area contributed by atoms with Crippen molar-refractivity contribution in [2.75, 3.05) is 0 Å². The minimum Gasteiger partial charge on any atom is -0.409 e. The van der Waals surface area contributed by atoms with Crippen LogP contribution in [0.1, 0.15) is 5.56 Å². The van der Waals surface area contributed by atoms with E-state index in [1.807, 2.05) is 0 Å². The Labute approximate surface area is 70.2 Å². The predicted molar refractivity (Wildman–Crippen MR) is 44.0 cm³/mol. The molecule has 0 aliphatic carbocycles. The van der Waals surface area contributed by atoms with Gasteiger partial charge in [-0.1, -0.05) is 5.16 Å². The zero-order chi connectivity index (χ0) is 7.40. The van der Waals surface area contributed by atoms with Crippen LogP contribution < -0.4 is 5.73 Å². The van der Waals surface area contributed by atoms with Crippen molar-refractivity contribution in [3.8, 4) is 0 Å². The van der Waals surface area contributed by atoms with Gasteiger partial charge in [0.1, 0.15) is 0 Å². The van der Waals surface area contributed by atoms with Crippen LogP contribution in [0.4, 0.5) is 0 Å². The van der Waals surface area contributed by atoms with Gasteiger partial charge in [0.15, 0.2) is 5.84 Å². The van der Waals surface area contributed by atoms with E-state index in [2.05, 4.69) is 10.1 Å². The molecule has 5 heteroatoms. The average molecular weight is 174 g/mol. The highest BCUT2D eigenvalue weighted by Crippen LogP contribution is 1.93. The minimum atomic E-state index is 0. The molecule has 0 bridgehead atoms. The summed E-state index contributed by atoms with van der Waals surface area (Å²) in [6, 6.07) is 3.32. The Morgan fingerprint density at radius 1 is 1.45 bits per heavy atom. The van der Waals surface area contributed by atoms with Gasteiger partial charge < -0.3 is 10.9 Å². The fourth-order valence-corrected chi connectivity index (χ4v) is 0.580. The van der Waals surface area contributed by atoms with Crippen LogP contribution in [0.2, 0.25) is 0 Å².